The Morgan fingerprint density at radius 1 is 1.06 bits per heavy atom. The van der Waals surface area contributed by atoms with E-state index < -0.39 is 5.97 Å². The molecule has 0 aliphatic rings. The van der Waals surface area contributed by atoms with Crippen molar-refractivity contribution in [1.29, 1.82) is 0 Å². The van der Waals surface area contributed by atoms with Crippen molar-refractivity contribution in [1.82, 2.24) is 9.47 Å². The van der Waals surface area contributed by atoms with E-state index in [1.54, 1.807) is 17.8 Å². The van der Waals surface area contributed by atoms with Crippen LogP contribution in [0.3, 0.4) is 0 Å². The highest BCUT2D eigenvalue weighted by molar-refractivity contribution is 6.04. The fourth-order valence-corrected chi connectivity index (χ4v) is 3.78. The molecule has 1 heterocycles. The number of likely N-dealkylation sites (N-methyl/N-ethyl adjacent to an activating group) is 1. The minimum Gasteiger partial charge on any atom is -0.465 e. The molecular weight excluding hydrogens is 394 g/mol. The first-order valence-corrected chi connectivity index (χ1v) is 9.99. The summed E-state index contributed by atoms with van der Waals surface area (Å²) >= 11 is 0. The van der Waals surface area contributed by atoms with Crippen LogP contribution in [0.1, 0.15) is 27.0 Å². The molecule has 0 bridgehead atoms. The fraction of sp³-hybridized carbons (Fsp3) is 0.292. The number of aromatic nitrogens is 1. The number of benzene rings is 2. The number of anilines is 1. The van der Waals surface area contributed by atoms with Crippen LogP contribution in [0.2, 0.25) is 0 Å². The number of carbonyl (C=O) groups is 3. The Bertz CT molecular complexity index is 1140. The Balaban J connectivity index is 1.71. The molecule has 2 amide bonds. The second-order valence-corrected chi connectivity index (χ2v) is 7.75. The van der Waals surface area contributed by atoms with Crippen LogP contribution in [-0.2, 0) is 20.9 Å². The molecular formula is C24H27N3O4. The summed E-state index contributed by atoms with van der Waals surface area (Å²) in [5.41, 5.74) is 5.01. The van der Waals surface area contributed by atoms with Crippen LogP contribution in [-0.4, -0.2) is 48.0 Å². The van der Waals surface area contributed by atoms with Gasteiger partial charge in [0.25, 0.3) is 0 Å². The number of nitrogens with one attached hydrogen (secondary N) is 1. The van der Waals surface area contributed by atoms with E-state index in [4.69, 9.17) is 4.74 Å². The van der Waals surface area contributed by atoms with Crippen LogP contribution in [0.15, 0.2) is 42.6 Å². The van der Waals surface area contributed by atoms with Crippen LogP contribution in [0, 0.1) is 20.8 Å². The fourth-order valence-electron chi connectivity index (χ4n) is 3.78. The second kappa shape index (κ2) is 9.04. The van der Waals surface area contributed by atoms with Gasteiger partial charge in [-0.25, -0.2) is 4.79 Å². The van der Waals surface area contributed by atoms with Crippen LogP contribution < -0.4 is 5.32 Å². The standard InChI is InChI=1S/C24H27N3O4/c1-15-10-16(2)23(17(3)11-15)25-21(28)13-26(4)22(29)14-27-12-19(24(30)31-5)18-8-6-7-9-20(18)27/h6-12H,13-14H2,1-5H3,(H,25,28). The predicted octanol–water partition coefficient (Wildman–Crippen LogP) is 3.45. The second-order valence-electron chi connectivity index (χ2n) is 7.75. The first-order valence-electron chi connectivity index (χ1n) is 9.99. The highest BCUT2D eigenvalue weighted by Gasteiger charge is 2.19. The number of rotatable bonds is 6. The Hall–Kier alpha value is -3.61. The summed E-state index contributed by atoms with van der Waals surface area (Å²) in [5, 5.41) is 3.63. The Morgan fingerprint density at radius 3 is 2.35 bits per heavy atom. The van der Waals surface area contributed by atoms with Gasteiger partial charge in [-0.1, -0.05) is 35.9 Å². The van der Waals surface area contributed by atoms with Gasteiger partial charge in [0.05, 0.1) is 19.2 Å². The highest BCUT2D eigenvalue weighted by atomic mass is 16.5. The van der Waals surface area contributed by atoms with Crippen molar-refractivity contribution >= 4 is 34.4 Å². The molecule has 0 spiro atoms. The first kappa shape index (κ1) is 22.1. The normalized spacial score (nSPS) is 10.7. The first-order chi connectivity index (χ1) is 14.7. The monoisotopic (exact) mass is 421 g/mol. The molecule has 162 valence electrons. The summed E-state index contributed by atoms with van der Waals surface area (Å²) in [5.74, 6) is -0.970. The summed E-state index contributed by atoms with van der Waals surface area (Å²) < 4.78 is 6.55. The highest BCUT2D eigenvalue weighted by Crippen LogP contribution is 2.23. The van der Waals surface area contributed by atoms with Gasteiger partial charge in [0, 0.05) is 29.8 Å². The third-order valence-electron chi connectivity index (χ3n) is 5.25. The number of carbonyl (C=O) groups excluding carboxylic acids is 3. The van der Waals surface area contributed by atoms with Crippen molar-refractivity contribution in [2.24, 2.45) is 0 Å². The molecule has 1 aromatic heterocycles. The van der Waals surface area contributed by atoms with Gasteiger partial charge in [-0.2, -0.15) is 0 Å². The lowest BCUT2D eigenvalue weighted by Crippen LogP contribution is -2.37. The molecule has 3 aromatic rings. The molecule has 31 heavy (non-hydrogen) atoms. The Labute approximate surface area is 181 Å². The van der Waals surface area contributed by atoms with E-state index in [0.29, 0.717) is 10.9 Å². The molecule has 0 fully saturated rings. The summed E-state index contributed by atoms with van der Waals surface area (Å²) in [6, 6.07) is 11.3. The maximum absolute atomic E-state index is 12.8. The third-order valence-corrected chi connectivity index (χ3v) is 5.25. The number of esters is 1. The molecule has 0 saturated heterocycles. The van der Waals surface area contributed by atoms with Crippen LogP contribution >= 0.6 is 0 Å². The number of ether oxygens (including phenoxy) is 1. The molecule has 1 N–H and O–H groups in total. The van der Waals surface area contributed by atoms with E-state index in [1.807, 2.05) is 57.2 Å². The molecule has 0 radical (unpaired) electrons. The molecule has 0 atom stereocenters. The number of hydrogen-bond donors (Lipinski definition) is 1. The van der Waals surface area contributed by atoms with Crippen molar-refractivity contribution in [3.63, 3.8) is 0 Å². The molecule has 0 aliphatic heterocycles. The zero-order valence-electron chi connectivity index (χ0n) is 18.5. The predicted molar refractivity (Wildman–Crippen MR) is 120 cm³/mol. The van der Waals surface area contributed by atoms with Gasteiger partial charge in [-0.05, 0) is 38.0 Å². The quantitative estimate of drug-likeness (QED) is 0.618. The van der Waals surface area contributed by atoms with Gasteiger partial charge in [-0.15, -0.1) is 0 Å². The van der Waals surface area contributed by atoms with Gasteiger partial charge in [-0.3, -0.25) is 9.59 Å². The number of aryl methyl sites for hydroxylation is 3. The van der Waals surface area contributed by atoms with Crippen molar-refractivity contribution in [2.75, 3.05) is 26.0 Å². The molecule has 0 unspecified atom stereocenters. The van der Waals surface area contributed by atoms with E-state index in [1.165, 1.54) is 12.0 Å². The SMILES string of the molecule is COC(=O)c1cn(CC(=O)N(C)CC(=O)Nc2c(C)cc(C)cc2C)c2ccccc12. The smallest absolute Gasteiger partial charge is 0.340 e. The number of methoxy groups -OCH3 is 1. The number of fused-ring (bicyclic) bond motifs is 1. The average Bonchev–Trinajstić information content (AvgIpc) is 3.08. The summed E-state index contributed by atoms with van der Waals surface area (Å²) in [4.78, 5) is 38.8. The number of nitrogens with zero attached hydrogens (tertiary/aromatic N) is 2. The van der Waals surface area contributed by atoms with E-state index in [9.17, 15) is 14.4 Å². The molecule has 0 aliphatic carbocycles. The van der Waals surface area contributed by atoms with Crippen molar-refractivity contribution < 1.29 is 19.1 Å². The molecule has 7 nitrogen and oxygen atoms in total. The lowest BCUT2D eigenvalue weighted by molar-refractivity contribution is -0.133. The zero-order chi connectivity index (χ0) is 22.7. The Morgan fingerprint density at radius 2 is 1.71 bits per heavy atom. The number of para-hydroxylation sites is 1. The molecule has 3 rings (SSSR count). The number of hydrogen-bond acceptors (Lipinski definition) is 4. The summed E-state index contributed by atoms with van der Waals surface area (Å²) in [6.45, 7) is 5.83. The van der Waals surface area contributed by atoms with E-state index in [0.717, 1.165) is 27.9 Å². The largest absolute Gasteiger partial charge is 0.465 e. The average molecular weight is 421 g/mol. The molecule has 7 heteroatoms. The number of amides is 2. The van der Waals surface area contributed by atoms with E-state index in [2.05, 4.69) is 5.32 Å². The maximum atomic E-state index is 12.8. The van der Waals surface area contributed by atoms with E-state index >= 15 is 0 Å². The lowest BCUT2D eigenvalue weighted by atomic mass is 10.1. The lowest BCUT2D eigenvalue weighted by Gasteiger charge is -2.19. The minimum absolute atomic E-state index is 0.00384. The van der Waals surface area contributed by atoms with Crippen molar-refractivity contribution in [3.05, 3.63) is 64.8 Å². The van der Waals surface area contributed by atoms with Crippen molar-refractivity contribution in [2.45, 2.75) is 27.3 Å². The third kappa shape index (κ3) is 4.77. The Kier molecular flexibility index (Phi) is 6.44. The zero-order valence-corrected chi connectivity index (χ0v) is 18.5. The van der Waals surface area contributed by atoms with Gasteiger partial charge >= 0.3 is 5.97 Å². The molecule has 2 aromatic carbocycles. The minimum atomic E-state index is -0.459. The maximum Gasteiger partial charge on any atom is 0.340 e. The molecule has 0 saturated carbocycles. The summed E-state index contributed by atoms with van der Waals surface area (Å²) in [7, 11) is 2.91. The van der Waals surface area contributed by atoms with Crippen LogP contribution in [0.5, 0.6) is 0 Å². The summed E-state index contributed by atoms with van der Waals surface area (Å²) in [6.07, 6.45) is 1.61. The van der Waals surface area contributed by atoms with Crippen molar-refractivity contribution in [3.8, 4) is 0 Å². The van der Waals surface area contributed by atoms with Crippen LogP contribution in [0.4, 0.5) is 5.69 Å². The topological polar surface area (TPSA) is 80.6 Å². The van der Waals surface area contributed by atoms with Gasteiger partial charge in [0.1, 0.15) is 6.54 Å². The van der Waals surface area contributed by atoms with Gasteiger partial charge < -0.3 is 19.5 Å². The van der Waals surface area contributed by atoms with Gasteiger partial charge in [0.15, 0.2) is 0 Å². The van der Waals surface area contributed by atoms with Crippen LogP contribution in [0.25, 0.3) is 10.9 Å². The van der Waals surface area contributed by atoms with Gasteiger partial charge in [0.2, 0.25) is 11.8 Å². The van der Waals surface area contributed by atoms with E-state index in [-0.39, 0.29) is 24.9 Å².